The highest BCUT2D eigenvalue weighted by Gasteiger charge is 2.32. The normalized spacial score (nSPS) is 29.7. The summed E-state index contributed by atoms with van der Waals surface area (Å²) in [4.78, 5) is 11.1. The van der Waals surface area contributed by atoms with Crippen molar-refractivity contribution in [2.24, 2.45) is 11.8 Å². The minimum atomic E-state index is -0.178. The van der Waals surface area contributed by atoms with E-state index < -0.39 is 0 Å². The smallest absolute Gasteiger partial charge is 0.302 e. The molecule has 0 N–H and O–H groups in total. The molecule has 0 aromatic heterocycles. The predicted octanol–water partition coefficient (Wildman–Crippen LogP) is 3.17. The molecule has 0 aromatic carbocycles. The van der Waals surface area contributed by atoms with E-state index in [0.29, 0.717) is 11.8 Å². The van der Waals surface area contributed by atoms with Crippen LogP contribution in [0.2, 0.25) is 0 Å². The molecule has 1 aliphatic heterocycles. The van der Waals surface area contributed by atoms with Gasteiger partial charge in [0.05, 0.1) is 12.2 Å². The quantitative estimate of drug-likeness (QED) is 0.710. The Morgan fingerprint density at radius 2 is 1.94 bits per heavy atom. The van der Waals surface area contributed by atoms with Crippen molar-refractivity contribution in [3.63, 3.8) is 0 Å². The molecular formula is C14H26O3. The molecule has 1 rings (SSSR count). The second-order valence-electron chi connectivity index (χ2n) is 5.87. The van der Waals surface area contributed by atoms with E-state index in [1.165, 1.54) is 6.92 Å². The molecule has 0 bridgehead atoms. The summed E-state index contributed by atoms with van der Waals surface area (Å²) >= 11 is 0. The van der Waals surface area contributed by atoms with Crippen LogP contribution in [0.25, 0.3) is 0 Å². The minimum absolute atomic E-state index is 0.0393. The van der Waals surface area contributed by atoms with Crippen molar-refractivity contribution in [2.75, 3.05) is 0 Å². The van der Waals surface area contributed by atoms with Crippen LogP contribution >= 0.6 is 0 Å². The van der Waals surface area contributed by atoms with E-state index in [4.69, 9.17) is 9.47 Å². The lowest BCUT2D eigenvalue weighted by Crippen LogP contribution is -2.40. The van der Waals surface area contributed by atoms with Gasteiger partial charge in [-0.2, -0.15) is 0 Å². The average molecular weight is 242 g/mol. The van der Waals surface area contributed by atoms with Crippen molar-refractivity contribution < 1.29 is 14.3 Å². The topological polar surface area (TPSA) is 35.5 Å². The first-order valence-corrected chi connectivity index (χ1v) is 6.71. The molecule has 1 saturated heterocycles. The highest BCUT2D eigenvalue weighted by molar-refractivity contribution is 5.66. The molecule has 100 valence electrons. The summed E-state index contributed by atoms with van der Waals surface area (Å²) in [5.41, 5.74) is 0. The Bertz CT molecular complexity index is 248. The molecule has 1 heterocycles. The lowest BCUT2D eigenvalue weighted by atomic mass is 9.91. The third kappa shape index (κ3) is 5.07. The highest BCUT2D eigenvalue weighted by Crippen LogP contribution is 2.29. The number of hydrogen-bond donors (Lipinski definition) is 0. The third-order valence-electron chi connectivity index (χ3n) is 3.20. The summed E-state index contributed by atoms with van der Waals surface area (Å²) in [7, 11) is 0. The van der Waals surface area contributed by atoms with Gasteiger partial charge in [0.1, 0.15) is 6.10 Å². The van der Waals surface area contributed by atoms with Crippen LogP contribution in [-0.2, 0) is 14.3 Å². The molecule has 0 radical (unpaired) electrons. The first kappa shape index (κ1) is 14.5. The largest absolute Gasteiger partial charge is 0.462 e. The van der Waals surface area contributed by atoms with Crippen LogP contribution in [0.3, 0.4) is 0 Å². The zero-order valence-corrected chi connectivity index (χ0v) is 11.7. The Balaban J connectivity index is 2.58. The van der Waals surface area contributed by atoms with Crippen LogP contribution < -0.4 is 0 Å². The monoisotopic (exact) mass is 242 g/mol. The Hall–Kier alpha value is -0.570. The maximum absolute atomic E-state index is 11.1. The molecule has 3 atom stereocenters. The van der Waals surface area contributed by atoms with E-state index in [0.717, 1.165) is 19.3 Å². The van der Waals surface area contributed by atoms with Gasteiger partial charge in [-0.1, -0.05) is 27.7 Å². The number of rotatable bonds is 4. The highest BCUT2D eigenvalue weighted by atomic mass is 16.6. The third-order valence-corrected chi connectivity index (χ3v) is 3.20. The van der Waals surface area contributed by atoms with Crippen LogP contribution in [0.1, 0.15) is 53.9 Å². The van der Waals surface area contributed by atoms with Gasteiger partial charge in [0.25, 0.3) is 0 Å². The zero-order chi connectivity index (χ0) is 13.0. The van der Waals surface area contributed by atoms with Gasteiger partial charge in [-0.3, -0.25) is 4.79 Å². The van der Waals surface area contributed by atoms with Crippen molar-refractivity contribution in [1.82, 2.24) is 0 Å². The van der Waals surface area contributed by atoms with Crippen LogP contribution in [0.4, 0.5) is 0 Å². The van der Waals surface area contributed by atoms with Gasteiger partial charge in [-0.05, 0) is 18.3 Å². The average Bonchev–Trinajstić information content (AvgIpc) is 2.14. The van der Waals surface area contributed by atoms with Crippen molar-refractivity contribution in [1.29, 1.82) is 0 Å². The lowest BCUT2D eigenvalue weighted by molar-refractivity contribution is -0.163. The Morgan fingerprint density at radius 1 is 1.29 bits per heavy atom. The molecule has 3 heteroatoms. The van der Waals surface area contributed by atoms with E-state index >= 15 is 0 Å². The van der Waals surface area contributed by atoms with Gasteiger partial charge in [0, 0.05) is 19.8 Å². The number of carbonyl (C=O) groups is 1. The summed E-state index contributed by atoms with van der Waals surface area (Å²) < 4.78 is 11.4. The van der Waals surface area contributed by atoms with Crippen molar-refractivity contribution in [3.8, 4) is 0 Å². The van der Waals surface area contributed by atoms with E-state index in [9.17, 15) is 4.79 Å². The number of hydrogen-bond acceptors (Lipinski definition) is 3. The fourth-order valence-electron chi connectivity index (χ4n) is 2.44. The van der Waals surface area contributed by atoms with E-state index in [1.54, 1.807) is 0 Å². The van der Waals surface area contributed by atoms with Gasteiger partial charge < -0.3 is 9.47 Å². The first-order chi connectivity index (χ1) is 7.88. The van der Waals surface area contributed by atoms with Gasteiger partial charge in [0.2, 0.25) is 0 Å². The molecule has 1 aliphatic rings. The fourth-order valence-corrected chi connectivity index (χ4v) is 2.44. The molecule has 1 fully saturated rings. The van der Waals surface area contributed by atoms with Gasteiger partial charge in [-0.15, -0.1) is 0 Å². The summed E-state index contributed by atoms with van der Waals surface area (Å²) in [5, 5.41) is 0. The molecular weight excluding hydrogens is 216 g/mol. The summed E-state index contributed by atoms with van der Waals surface area (Å²) in [6.07, 6.45) is 3.23. The summed E-state index contributed by atoms with van der Waals surface area (Å²) in [5.74, 6) is 0.912. The fraction of sp³-hybridized carbons (Fsp3) is 0.929. The van der Waals surface area contributed by atoms with Crippen LogP contribution in [-0.4, -0.2) is 24.3 Å². The van der Waals surface area contributed by atoms with E-state index in [2.05, 4.69) is 27.7 Å². The Labute approximate surface area is 105 Å². The summed E-state index contributed by atoms with van der Waals surface area (Å²) in [6, 6.07) is 0. The molecule has 0 amide bonds. The zero-order valence-electron chi connectivity index (χ0n) is 11.7. The van der Waals surface area contributed by atoms with Gasteiger partial charge in [-0.25, -0.2) is 0 Å². The van der Waals surface area contributed by atoms with Crippen LogP contribution in [0.15, 0.2) is 0 Å². The standard InChI is InChI=1S/C14H26O3/c1-9(2)6-12-7-13(16-11(5)15)8-14(17-12)10(3)4/h9-10,12-14H,6-8H2,1-5H3/t12-,13-,14-/m1/s1. The van der Waals surface area contributed by atoms with Gasteiger partial charge >= 0.3 is 5.97 Å². The number of carbonyl (C=O) groups excluding carboxylic acids is 1. The van der Waals surface area contributed by atoms with Crippen molar-refractivity contribution in [2.45, 2.75) is 72.2 Å². The minimum Gasteiger partial charge on any atom is -0.462 e. The molecule has 0 saturated carbocycles. The Morgan fingerprint density at radius 3 is 2.41 bits per heavy atom. The summed E-state index contributed by atoms with van der Waals surface area (Å²) in [6.45, 7) is 10.2. The van der Waals surface area contributed by atoms with Crippen LogP contribution in [0.5, 0.6) is 0 Å². The second kappa shape index (κ2) is 6.39. The number of ether oxygens (including phenoxy) is 2. The molecule has 0 spiro atoms. The van der Waals surface area contributed by atoms with E-state index in [-0.39, 0.29) is 24.3 Å². The number of esters is 1. The first-order valence-electron chi connectivity index (χ1n) is 6.71. The maximum atomic E-state index is 11.1. The predicted molar refractivity (Wildman–Crippen MR) is 67.7 cm³/mol. The van der Waals surface area contributed by atoms with E-state index in [1.807, 2.05) is 0 Å². The van der Waals surface area contributed by atoms with Crippen molar-refractivity contribution in [3.05, 3.63) is 0 Å². The van der Waals surface area contributed by atoms with Crippen LogP contribution in [0, 0.1) is 11.8 Å². The molecule has 0 unspecified atom stereocenters. The SMILES string of the molecule is CC(=O)O[C@@H]1C[C@@H](CC(C)C)O[C@@H](C(C)C)C1. The lowest BCUT2D eigenvalue weighted by Gasteiger charge is -2.37. The molecule has 0 aliphatic carbocycles. The second-order valence-corrected chi connectivity index (χ2v) is 5.87. The Kier molecular flexibility index (Phi) is 5.44. The molecule has 0 aromatic rings. The maximum Gasteiger partial charge on any atom is 0.302 e. The van der Waals surface area contributed by atoms with Gasteiger partial charge in [0.15, 0.2) is 0 Å². The molecule has 3 nitrogen and oxygen atoms in total. The molecule has 17 heavy (non-hydrogen) atoms. The van der Waals surface area contributed by atoms with Crippen molar-refractivity contribution >= 4 is 5.97 Å².